The fraction of sp³-hybridized carbons (Fsp3) is 0.538. The third-order valence-electron chi connectivity index (χ3n) is 3.40. The molecule has 0 N–H and O–H groups in total. The zero-order chi connectivity index (χ0) is 13.8. The van der Waals surface area contributed by atoms with Crippen LogP contribution in [0.1, 0.15) is 30.4 Å². The number of Topliss-reactive ketones (excluding diaryl/α,β-unsaturated/α-hetero) is 1. The lowest BCUT2D eigenvalue weighted by molar-refractivity contribution is -0.121. The van der Waals surface area contributed by atoms with E-state index in [1.165, 1.54) is 7.11 Å². The lowest BCUT2D eigenvalue weighted by atomic mass is 9.93. The first kappa shape index (κ1) is 13.5. The first-order valence-corrected chi connectivity index (χ1v) is 6.28. The zero-order valence-corrected chi connectivity index (χ0v) is 11.1. The number of nitrogens with zero attached hydrogens (tertiary/aromatic N) is 3. The van der Waals surface area contributed by atoms with Crippen LogP contribution in [0.2, 0.25) is 0 Å². The number of carbonyl (C=O) groups is 2. The molecule has 0 amide bonds. The fourth-order valence-corrected chi connectivity index (χ4v) is 2.23. The summed E-state index contributed by atoms with van der Waals surface area (Å²) in [6, 6.07) is 1.76. The van der Waals surface area contributed by atoms with Crippen molar-refractivity contribution in [1.29, 1.82) is 0 Å². The molecule has 0 aromatic carbocycles. The van der Waals surface area contributed by atoms with E-state index in [4.69, 9.17) is 0 Å². The van der Waals surface area contributed by atoms with E-state index in [2.05, 4.69) is 19.6 Å². The van der Waals surface area contributed by atoms with Gasteiger partial charge >= 0.3 is 5.97 Å². The molecule has 0 aliphatic carbocycles. The van der Waals surface area contributed by atoms with E-state index in [9.17, 15) is 9.59 Å². The number of ether oxygens (including phenoxy) is 1. The lowest BCUT2D eigenvalue weighted by Crippen LogP contribution is -2.36. The second-order valence-electron chi connectivity index (χ2n) is 4.60. The molecule has 19 heavy (non-hydrogen) atoms. The highest BCUT2D eigenvalue weighted by Crippen LogP contribution is 2.22. The van der Waals surface area contributed by atoms with E-state index >= 15 is 0 Å². The average Bonchev–Trinajstić information content (AvgIpc) is 2.46. The number of aromatic nitrogens is 2. The minimum atomic E-state index is -0.541. The maximum absolute atomic E-state index is 11.4. The molecule has 1 saturated heterocycles. The van der Waals surface area contributed by atoms with Crippen LogP contribution < -0.4 is 4.90 Å². The van der Waals surface area contributed by atoms with Gasteiger partial charge in [-0.05, 0) is 25.8 Å². The summed E-state index contributed by atoms with van der Waals surface area (Å²) in [7, 11) is 1.30. The predicted molar refractivity (Wildman–Crippen MR) is 69.0 cm³/mol. The van der Waals surface area contributed by atoms with Crippen molar-refractivity contribution in [2.24, 2.45) is 5.92 Å². The van der Waals surface area contributed by atoms with Gasteiger partial charge in [-0.3, -0.25) is 4.79 Å². The summed E-state index contributed by atoms with van der Waals surface area (Å²) in [6.45, 7) is 3.17. The summed E-state index contributed by atoms with van der Waals surface area (Å²) in [4.78, 5) is 32.8. The van der Waals surface area contributed by atoms with Gasteiger partial charge in [-0.25, -0.2) is 14.8 Å². The minimum absolute atomic E-state index is 0.0636. The minimum Gasteiger partial charge on any atom is -0.463 e. The highest BCUT2D eigenvalue weighted by atomic mass is 16.5. The van der Waals surface area contributed by atoms with E-state index < -0.39 is 5.97 Å². The molecular weight excluding hydrogens is 246 g/mol. The fourth-order valence-electron chi connectivity index (χ4n) is 2.23. The number of piperidine rings is 1. The molecule has 0 saturated carbocycles. The number of rotatable bonds is 3. The number of hydrogen-bond acceptors (Lipinski definition) is 6. The van der Waals surface area contributed by atoms with Crippen LogP contribution in [0.5, 0.6) is 0 Å². The van der Waals surface area contributed by atoms with E-state index in [-0.39, 0.29) is 17.5 Å². The van der Waals surface area contributed by atoms with Crippen molar-refractivity contribution in [3.05, 3.63) is 18.1 Å². The smallest absolute Gasteiger partial charge is 0.376 e. The second kappa shape index (κ2) is 5.77. The Kier molecular flexibility index (Phi) is 4.09. The van der Waals surface area contributed by atoms with Crippen LogP contribution in [-0.2, 0) is 9.53 Å². The molecular formula is C13H17N3O3. The Balaban J connectivity index is 2.07. The predicted octanol–water partition coefficient (Wildman–Crippen LogP) is 1.07. The van der Waals surface area contributed by atoms with Gasteiger partial charge in [0.1, 0.15) is 11.6 Å². The van der Waals surface area contributed by atoms with Crippen LogP contribution >= 0.6 is 0 Å². The van der Waals surface area contributed by atoms with Crippen molar-refractivity contribution >= 4 is 17.6 Å². The molecule has 0 spiro atoms. The van der Waals surface area contributed by atoms with Crippen LogP contribution in [0, 0.1) is 5.92 Å². The molecule has 1 fully saturated rings. The monoisotopic (exact) mass is 263 g/mol. The Morgan fingerprint density at radius 2 is 2.05 bits per heavy atom. The molecule has 0 bridgehead atoms. The summed E-state index contributed by atoms with van der Waals surface area (Å²) in [5.41, 5.74) is 0. The summed E-state index contributed by atoms with van der Waals surface area (Å²) < 4.78 is 4.60. The number of carbonyl (C=O) groups excluding carboxylic acids is 2. The number of ketones is 1. The maximum atomic E-state index is 11.4. The quantitative estimate of drug-likeness (QED) is 0.759. The molecule has 0 atom stereocenters. The highest BCUT2D eigenvalue weighted by Gasteiger charge is 2.23. The third kappa shape index (κ3) is 3.07. The number of hydrogen-bond donors (Lipinski definition) is 0. The summed E-state index contributed by atoms with van der Waals surface area (Å²) in [6.07, 6.45) is 3.20. The summed E-state index contributed by atoms with van der Waals surface area (Å²) >= 11 is 0. The van der Waals surface area contributed by atoms with Crippen molar-refractivity contribution in [3.8, 4) is 0 Å². The van der Waals surface area contributed by atoms with Gasteiger partial charge in [0, 0.05) is 25.2 Å². The molecule has 2 rings (SSSR count). The van der Waals surface area contributed by atoms with Gasteiger partial charge in [0.05, 0.1) is 7.11 Å². The highest BCUT2D eigenvalue weighted by molar-refractivity contribution is 5.85. The molecule has 6 heteroatoms. The Bertz CT molecular complexity index is 482. The molecule has 0 unspecified atom stereocenters. The van der Waals surface area contributed by atoms with E-state index in [1.807, 2.05) is 0 Å². The Hall–Kier alpha value is -1.98. The number of anilines is 1. The first-order chi connectivity index (χ1) is 9.11. The molecule has 0 radical (unpaired) electrons. The van der Waals surface area contributed by atoms with Gasteiger partial charge in [0.2, 0.25) is 5.82 Å². The van der Waals surface area contributed by atoms with Gasteiger partial charge in [0.25, 0.3) is 0 Å². The second-order valence-corrected chi connectivity index (χ2v) is 4.60. The summed E-state index contributed by atoms with van der Waals surface area (Å²) in [5, 5.41) is 0. The van der Waals surface area contributed by atoms with Gasteiger partial charge in [-0.1, -0.05) is 0 Å². The molecule has 1 aliphatic heterocycles. The van der Waals surface area contributed by atoms with Crippen LogP contribution in [0.25, 0.3) is 0 Å². The molecule has 6 nitrogen and oxygen atoms in total. The normalized spacial score (nSPS) is 16.2. The van der Waals surface area contributed by atoms with Crippen LogP contribution in [0.4, 0.5) is 5.82 Å². The first-order valence-electron chi connectivity index (χ1n) is 6.28. The van der Waals surface area contributed by atoms with Crippen molar-refractivity contribution in [2.75, 3.05) is 25.1 Å². The standard InChI is InChI=1S/C13H17N3O3/c1-9(17)10-4-7-16(8-5-10)11-3-6-14-12(15-11)13(18)19-2/h3,6,10H,4-5,7-8H2,1-2H3. The summed E-state index contributed by atoms with van der Waals surface area (Å²) in [5.74, 6) is 0.627. The molecule has 1 aromatic heterocycles. The third-order valence-corrected chi connectivity index (χ3v) is 3.40. The Morgan fingerprint density at radius 3 is 2.63 bits per heavy atom. The lowest BCUT2D eigenvalue weighted by Gasteiger charge is -2.31. The van der Waals surface area contributed by atoms with Crippen LogP contribution in [0.15, 0.2) is 12.3 Å². The Morgan fingerprint density at radius 1 is 1.37 bits per heavy atom. The van der Waals surface area contributed by atoms with E-state index in [0.717, 1.165) is 25.9 Å². The number of methoxy groups -OCH3 is 1. The molecule has 2 heterocycles. The van der Waals surface area contributed by atoms with Crippen molar-refractivity contribution in [1.82, 2.24) is 9.97 Å². The number of esters is 1. The Labute approximate surface area is 111 Å². The average molecular weight is 263 g/mol. The zero-order valence-electron chi connectivity index (χ0n) is 11.1. The van der Waals surface area contributed by atoms with Crippen molar-refractivity contribution in [3.63, 3.8) is 0 Å². The largest absolute Gasteiger partial charge is 0.463 e. The SMILES string of the molecule is COC(=O)c1nccc(N2CCC(C(C)=O)CC2)n1. The van der Waals surface area contributed by atoms with Crippen molar-refractivity contribution in [2.45, 2.75) is 19.8 Å². The van der Waals surface area contributed by atoms with Crippen molar-refractivity contribution < 1.29 is 14.3 Å². The van der Waals surface area contributed by atoms with Gasteiger partial charge in [-0.15, -0.1) is 0 Å². The van der Waals surface area contributed by atoms with Crippen LogP contribution in [0.3, 0.4) is 0 Å². The van der Waals surface area contributed by atoms with E-state index in [0.29, 0.717) is 5.82 Å². The topological polar surface area (TPSA) is 72.4 Å². The molecule has 1 aromatic rings. The van der Waals surface area contributed by atoms with Crippen LogP contribution in [-0.4, -0.2) is 41.9 Å². The molecule has 1 aliphatic rings. The van der Waals surface area contributed by atoms with Gasteiger partial charge < -0.3 is 9.64 Å². The van der Waals surface area contributed by atoms with Gasteiger partial charge in [0.15, 0.2) is 0 Å². The van der Waals surface area contributed by atoms with E-state index in [1.54, 1.807) is 19.2 Å². The molecule has 102 valence electrons. The maximum Gasteiger partial charge on any atom is 0.376 e. The van der Waals surface area contributed by atoms with Gasteiger partial charge in [-0.2, -0.15) is 0 Å².